The third-order valence-electron chi connectivity index (χ3n) is 1.76. The van der Waals surface area contributed by atoms with Crippen molar-refractivity contribution in [1.82, 2.24) is 0 Å². The molecular formula is C10H8F2NO3-. The quantitative estimate of drug-likeness (QED) is 0.812. The number of halogens is 2. The van der Waals surface area contributed by atoms with Crippen LogP contribution in [0.1, 0.15) is 12.8 Å². The SMILES string of the molecule is O=C([O-])CCC(=O)Nc1cc(F)ccc1F. The first-order chi connectivity index (χ1) is 7.49. The van der Waals surface area contributed by atoms with Gasteiger partial charge in [-0.05, 0) is 18.6 Å². The minimum Gasteiger partial charge on any atom is -0.550 e. The van der Waals surface area contributed by atoms with E-state index in [0.29, 0.717) is 0 Å². The van der Waals surface area contributed by atoms with E-state index in [-0.39, 0.29) is 12.1 Å². The number of nitrogens with one attached hydrogen (secondary N) is 1. The van der Waals surface area contributed by atoms with Crippen molar-refractivity contribution >= 4 is 17.6 Å². The molecule has 0 saturated carbocycles. The number of aliphatic carboxylic acids is 1. The van der Waals surface area contributed by atoms with E-state index in [9.17, 15) is 23.5 Å². The van der Waals surface area contributed by atoms with Gasteiger partial charge in [0, 0.05) is 18.5 Å². The summed E-state index contributed by atoms with van der Waals surface area (Å²) in [5.74, 6) is -3.58. The maximum Gasteiger partial charge on any atom is 0.224 e. The molecule has 1 amide bonds. The van der Waals surface area contributed by atoms with Crippen LogP contribution < -0.4 is 10.4 Å². The average molecular weight is 228 g/mol. The minimum atomic E-state index is -1.38. The molecule has 4 nitrogen and oxygen atoms in total. The molecule has 16 heavy (non-hydrogen) atoms. The van der Waals surface area contributed by atoms with Crippen molar-refractivity contribution in [3.05, 3.63) is 29.8 Å². The maximum absolute atomic E-state index is 13.0. The minimum absolute atomic E-state index is 0.316. The molecule has 0 aromatic heterocycles. The van der Waals surface area contributed by atoms with Gasteiger partial charge in [-0.2, -0.15) is 0 Å². The molecule has 1 N–H and O–H groups in total. The van der Waals surface area contributed by atoms with E-state index in [1.54, 1.807) is 0 Å². The molecule has 1 rings (SSSR count). The van der Waals surface area contributed by atoms with Gasteiger partial charge < -0.3 is 15.2 Å². The van der Waals surface area contributed by atoms with E-state index in [4.69, 9.17) is 0 Å². The monoisotopic (exact) mass is 228 g/mol. The number of carboxylic acid groups (broad SMARTS) is 1. The topological polar surface area (TPSA) is 69.2 Å². The summed E-state index contributed by atoms with van der Waals surface area (Å²) in [4.78, 5) is 21.1. The Kier molecular flexibility index (Phi) is 3.93. The number of anilines is 1. The number of amides is 1. The number of hydrogen-bond donors (Lipinski definition) is 1. The van der Waals surface area contributed by atoms with Crippen LogP contribution in [0.15, 0.2) is 18.2 Å². The normalized spacial score (nSPS) is 9.88. The smallest absolute Gasteiger partial charge is 0.224 e. The first-order valence-electron chi connectivity index (χ1n) is 4.44. The Balaban J connectivity index is 2.62. The largest absolute Gasteiger partial charge is 0.550 e. The lowest BCUT2D eigenvalue weighted by Crippen LogP contribution is -2.24. The molecule has 0 heterocycles. The Morgan fingerprint density at radius 2 is 1.94 bits per heavy atom. The number of benzene rings is 1. The van der Waals surface area contributed by atoms with E-state index in [1.165, 1.54) is 0 Å². The second kappa shape index (κ2) is 5.20. The predicted molar refractivity (Wildman–Crippen MR) is 49.2 cm³/mol. The van der Waals surface area contributed by atoms with Gasteiger partial charge in [0.05, 0.1) is 5.69 Å². The third kappa shape index (κ3) is 3.64. The fourth-order valence-corrected chi connectivity index (χ4v) is 1.02. The summed E-state index contributed by atoms with van der Waals surface area (Å²) in [5.41, 5.74) is -0.316. The Hall–Kier alpha value is -1.98. The summed E-state index contributed by atoms with van der Waals surface area (Å²) in [6, 6.07) is 2.59. The van der Waals surface area contributed by atoms with Crippen LogP contribution in [-0.2, 0) is 9.59 Å². The summed E-state index contributed by atoms with van der Waals surface area (Å²) in [6.07, 6.45) is -0.818. The van der Waals surface area contributed by atoms with Crippen molar-refractivity contribution in [3.63, 3.8) is 0 Å². The molecule has 0 atom stereocenters. The number of hydrogen-bond acceptors (Lipinski definition) is 3. The molecule has 1 aromatic rings. The summed E-state index contributed by atoms with van der Waals surface area (Å²) in [7, 11) is 0. The van der Waals surface area contributed by atoms with Crippen molar-refractivity contribution in [2.24, 2.45) is 0 Å². The van der Waals surface area contributed by atoms with Gasteiger partial charge in [-0.1, -0.05) is 0 Å². The van der Waals surface area contributed by atoms with E-state index < -0.39 is 29.9 Å². The lowest BCUT2D eigenvalue weighted by Gasteiger charge is -2.06. The van der Waals surface area contributed by atoms with Crippen molar-refractivity contribution in [1.29, 1.82) is 0 Å². The zero-order chi connectivity index (χ0) is 12.1. The fraction of sp³-hybridized carbons (Fsp3) is 0.200. The van der Waals surface area contributed by atoms with Gasteiger partial charge >= 0.3 is 0 Å². The van der Waals surface area contributed by atoms with Gasteiger partial charge in [0.1, 0.15) is 11.6 Å². The third-order valence-corrected chi connectivity index (χ3v) is 1.76. The number of carbonyl (C=O) groups excluding carboxylic acids is 2. The number of carboxylic acids is 1. The van der Waals surface area contributed by atoms with E-state index in [0.717, 1.165) is 18.2 Å². The zero-order valence-corrected chi connectivity index (χ0v) is 8.13. The average Bonchev–Trinajstić information content (AvgIpc) is 2.20. The summed E-state index contributed by atoms with van der Waals surface area (Å²) in [5, 5.41) is 12.1. The molecule has 0 aliphatic carbocycles. The zero-order valence-electron chi connectivity index (χ0n) is 8.13. The molecule has 86 valence electrons. The van der Waals surface area contributed by atoms with Crippen LogP contribution in [0.5, 0.6) is 0 Å². The maximum atomic E-state index is 13.0. The first-order valence-corrected chi connectivity index (χ1v) is 4.44. The van der Waals surface area contributed by atoms with E-state index in [1.807, 2.05) is 0 Å². The highest BCUT2D eigenvalue weighted by Crippen LogP contribution is 2.15. The number of rotatable bonds is 4. The van der Waals surface area contributed by atoms with Gasteiger partial charge in [0.2, 0.25) is 5.91 Å². The van der Waals surface area contributed by atoms with Gasteiger partial charge in [-0.3, -0.25) is 4.79 Å². The van der Waals surface area contributed by atoms with Crippen LogP contribution >= 0.6 is 0 Å². The molecule has 0 radical (unpaired) electrons. The molecule has 6 heteroatoms. The molecular weight excluding hydrogens is 220 g/mol. The van der Waals surface area contributed by atoms with Crippen molar-refractivity contribution in [3.8, 4) is 0 Å². The second-order valence-corrected chi connectivity index (χ2v) is 3.04. The molecule has 0 aliphatic heterocycles. The van der Waals surface area contributed by atoms with E-state index in [2.05, 4.69) is 5.32 Å². The van der Waals surface area contributed by atoms with Crippen LogP contribution in [0.2, 0.25) is 0 Å². The Morgan fingerprint density at radius 3 is 2.56 bits per heavy atom. The Labute approximate surface area is 89.9 Å². The van der Waals surface area contributed by atoms with Gasteiger partial charge in [0.25, 0.3) is 0 Å². The van der Waals surface area contributed by atoms with Crippen molar-refractivity contribution in [2.75, 3.05) is 5.32 Å². The first kappa shape index (κ1) is 12.1. The highest BCUT2D eigenvalue weighted by molar-refractivity contribution is 5.92. The summed E-state index contributed by atoms with van der Waals surface area (Å²) in [6.45, 7) is 0. The summed E-state index contributed by atoms with van der Waals surface area (Å²) >= 11 is 0. The van der Waals surface area contributed by atoms with Gasteiger partial charge in [-0.15, -0.1) is 0 Å². The van der Waals surface area contributed by atoms with Crippen molar-refractivity contribution in [2.45, 2.75) is 12.8 Å². The van der Waals surface area contributed by atoms with Gasteiger partial charge in [-0.25, -0.2) is 8.78 Å². The lowest BCUT2D eigenvalue weighted by atomic mass is 10.2. The molecule has 0 spiro atoms. The van der Waals surface area contributed by atoms with Crippen LogP contribution in [-0.4, -0.2) is 11.9 Å². The molecule has 0 aliphatic rings. The van der Waals surface area contributed by atoms with Crippen molar-refractivity contribution < 1.29 is 23.5 Å². The molecule has 1 aromatic carbocycles. The Morgan fingerprint density at radius 1 is 1.25 bits per heavy atom. The van der Waals surface area contributed by atoms with E-state index >= 15 is 0 Å². The lowest BCUT2D eigenvalue weighted by molar-refractivity contribution is -0.305. The molecule has 0 unspecified atom stereocenters. The standard InChI is InChI=1S/C10H9F2NO3/c11-6-1-2-7(12)8(5-6)13-9(14)3-4-10(15)16/h1-2,5H,3-4H2,(H,13,14)(H,15,16)/p-1. The number of carbonyl (C=O) groups is 2. The Bertz CT molecular complexity index is 421. The van der Waals surface area contributed by atoms with Gasteiger partial charge in [0.15, 0.2) is 0 Å². The van der Waals surface area contributed by atoms with Crippen LogP contribution in [0, 0.1) is 11.6 Å². The van der Waals surface area contributed by atoms with Crippen LogP contribution in [0.4, 0.5) is 14.5 Å². The second-order valence-electron chi connectivity index (χ2n) is 3.04. The van der Waals surface area contributed by atoms with Crippen LogP contribution in [0.3, 0.4) is 0 Å². The highest BCUT2D eigenvalue weighted by atomic mass is 19.1. The molecule has 0 saturated heterocycles. The molecule has 0 bridgehead atoms. The fourth-order valence-electron chi connectivity index (χ4n) is 1.02. The summed E-state index contributed by atoms with van der Waals surface area (Å²) < 4.78 is 25.7. The predicted octanol–water partition coefficient (Wildman–Crippen LogP) is 0.433. The highest BCUT2D eigenvalue weighted by Gasteiger charge is 2.07. The van der Waals surface area contributed by atoms with Crippen LogP contribution in [0.25, 0.3) is 0 Å². The molecule has 0 fully saturated rings.